The van der Waals surface area contributed by atoms with Crippen molar-refractivity contribution in [3.8, 4) is 0 Å². The lowest BCUT2D eigenvalue weighted by Crippen LogP contribution is -2.35. The minimum absolute atomic E-state index is 0.211. The van der Waals surface area contributed by atoms with E-state index in [0.29, 0.717) is 6.54 Å². The molecule has 4 heteroatoms. The molecule has 1 aliphatic heterocycles. The molecule has 0 radical (unpaired) electrons. The molecule has 1 saturated heterocycles. The third-order valence-corrected chi connectivity index (χ3v) is 2.74. The van der Waals surface area contributed by atoms with E-state index < -0.39 is 0 Å². The molecular weight excluding hydrogens is 160 g/mol. The summed E-state index contributed by atoms with van der Waals surface area (Å²) < 4.78 is 0. The number of carbonyl (C=O) groups is 1. The second-order valence-electron chi connectivity index (χ2n) is 2.71. The predicted molar refractivity (Wildman–Crippen MR) is 47.6 cm³/mol. The highest BCUT2D eigenvalue weighted by molar-refractivity contribution is 7.99. The van der Waals surface area contributed by atoms with E-state index in [1.165, 1.54) is 12.2 Å². The van der Waals surface area contributed by atoms with Crippen LogP contribution in [0.2, 0.25) is 0 Å². The highest BCUT2D eigenvalue weighted by Crippen LogP contribution is 2.08. The summed E-state index contributed by atoms with van der Waals surface area (Å²) in [5, 5.41) is 0. The van der Waals surface area contributed by atoms with E-state index in [1.54, 1.807) is 0 Å². The lowest BCUT2D eigenvalue weighted by molar-refractivity contribution is -0.119. The van der Waals surface area contributed by atoms with Crippen LogP contribution < -0.4 is 5.73 Å². The fraction of sp³-hybridized carbons (Fsp3) is 0.857. The molecule has 0 atom stereocenters. The van der Waals surface area contributed by atoms with Gasteiger partial charge in [0.05, 0.1) is 6.54 Å². The largest absolute Gasteiger partial charge is 0.369 e. The lowest BCUT2D eigenvalue weighted by atomic mass is 10.4. The average Bonchev–Trinajstić information content (AvgIpc) is 2.14. The van der Waals surface area contributed by atoms with Crippen molar-refractivity contribution in [3.05, 3.63) is 0 Å². The van der Waals surface area contributed by atoms with Crippen molar-refractivity contribution in [2.45, 2.75) is 6.42 Å². The Labute approximate surface area is 71.3 Å². The van der Waals surface area contributed by atoms with Crippen LogP contribution >= 0.6 is 11.8 Å². The molecule has 1 aliphatic rings. The number of rotatable bonds is 2. The number of hydrogen-bond donors (Lipinski definition) is 1. The Bertz CT molecular complexity index is 132. The molecule has 0 aromatic heterocycles. The summed E-state index contributed by atoms with van der Waals surface area (Å²) in [6.45, 7) is 2.46. The first-order valence-electron chi connectivity index (χ1n) is 3.87. The van der Waals surface area contributed by atoms with Gasteiger partial charge in [-0.2, -0.15) is 11.8 Å². The van der Waals surface area contributed by atoms with Gasteiger partial charge in [-0.05, 0) is 18.7 Å². The van der Waals surface area contributed by atoms with Crippen molar-refractivity contribution < 1.29 is 4.79 Å². The van der Waals surface area contributed by atoms with Crippen molar-refractivity contribution in [2.24, 2.45) is 5.73 Å². The Hall–Kier alpha value is -0.220. The highest BCUT2D eigenvalue weighted by atomic mass is 32.2. The number of primary amides is 1. The van der Waals surface area contributed by atoms with Crippen LogP contribution in [0.4, 0.5) is 0 Å². The second-order valence-corrected chi connectivity index (χ2v) is 3.93. The van der Waals surface area contributed by atoms with Crippen molar-refractivity contribution in [1.29, 1.82) is 0 Å². The fourth-order valence-corrected chi connectivity index (χ4v) is 2.10. The van der Waals surface area contributed by atoms with Crippen LogP contribution in [-0.4, -0.2) is 41.9 Å². The summed E-state index contributed by atoms with van der Waals surface area (Å²) in [6, 6.07) is 0. The summed E-state index contributed by atoms with van der Waals surface area (Å²) >= 11 is 1.95. The van der Waals surface area contributed by atoms with Gasteiger partial charge in [-0.1, -0.05) is 0 Å². The molecule has 0 bridgehead atoms. The number of carbonyl (C=O) groups excluding carboxylic acids is 1. The molecule has 0 saturated carbocycles. The Morgan fingerprint density at radius 1 is 1.45 bits per heavy atom. The SMILES string of the molecule is NC(=O)CN1CCCSCC1. The van der Waals surface area contributed by atoms with Gasteiger partial charge >= 0.3 is 0 Å². The molecule has 1 heterocycles. The third-order valence-electron chi connectivity index (χ3n) is 1.69. The number of hydrogen-bond acceptors (Lipinski definition) is 3. The van der Waals surface area contributed by atoms with Crippen molar-refractivity contribution in [2.75, 3.05) is 31.1 Å². The summed E-state index contributed by atoms with van der Waals surface area (Å²) in [4.78, 5) is 12.7. The standard InChI is InChI=1S/C7H14N2OS/c8-7(10)6-9-2-1-4-11-5-3-9/h1-6H2,(H2,8,10). The van der Waals surface area contributed by atoms with Crippen molar-refractivity contribution in [3.63, 3.8) is 0 Å². The van der Waals surface area contributed by atoms with Gasteiger partial charge < -0.3 is 5.73 Å². The number of nitrogens with two attached hydrogens (primary N) is 1. The monoisotopic (exact) mass is 174 g/mol. The van der Waals surface area contributed by atoms with Gasteiger partial charge in [-0.3, -0.25) is 9.69 Å². The third kappa shape index (κ3) is 3.62. The van der Waals surface area contributed by atoms with Gasteiger partial charge in [0.2, 0.25) is 5.91 Å². The molecule has 2 N–H and O–H groups in total. The predicted octanol–water partition coefficient (Wildman–Crippen LogP) is -0.0894. The van der Waals surface area contributed by atoms with Gasteiger partial charge in [0, 0.05) is 12.3 Å². The molecule has 0 aromatic rings. The van der Waals surface area contributed by atoms with Gasteiger partial charge in [-0.25, -0.2) is 0 Å². The molecule has 11 heavy (non-hydrogen) atoms. The van der Waals surface area contributed by atoms with E-state index in [9.17, 15) is 4.79 Å². The molecule has 3 nitrogen and oxygen atoms in total. The van der Waals surface area contributed by atoms with Crippen LogP contribution in [0.25, 0.3) is 0 Å². The maximum absolute atomic E-state index is 10.6. The Morgan fingerprint density at radius 3 is 3.00 bits per heavy atom. The Balaban J connectivity index is 2.25. The first-order valence-corrected chi connectivity index (χ1v) is 5.03. The molecule has 0 unspecified atom stereocenters. The summed E-state index contributed by atoms with van der Waals surface area (Å²) in [5.74, 6) is 2.14. The zero-order valence-corrected chi connectivity index (χ0v) is 7.40. The number of thioether (sulfide) groups is 1. The van der Waals surface area contributed by atoms with E-state index in [1.807, 2.05) is 11.8 Å². The molecule has 0 aliphatic carbocycles. The molecule has 1 fully saturated rings. The first-order chi connectivity index (χ1) is 5.29. The lowest BCUT2D eigenvalue weighted by Gasteiger charge is -2.16. The topological polar surface area (TPSA) is 46.3 Å². The fourth-order valence-electron chi connectivity index (χ4n) is 1.18. The molecule has 0 aromatic carbocycles. The van der Waals surface area contributed by atoms with E-state index in [4.69, 9.17) is 5.73 Å². The Kier molecular flexibility index (Phi) is 3.72. The van der Waals surface area contributed by atoms with E-state index >= 15 is 0 Å². The van der Waals surface area contributed by atoms with Gasteiger partial charge in [0.1, 0.15) is 0 Å². The van der Waals surface area contributed by atoms with Crippen LogP contribution in [0.15, 0.2) is 0 Å². The summed E-state index contributed by atoms with van der Waals surface area (Å²) in [5.41, 5.74) is 5.09. The normalized spacial score (nSPS) is 21.1. The quantitative estimate of drug-likeness (QED) is 0.636. The van der Waals surface area contributed by atoms with E-state index in [2.05, 4.69) is 4.90 Å². The molecule has 0 spiro atoms. The van der Waals surface area contributed by atoms with Crippen LogP contribution in [0.3, 0.4) is 0 Å². The second kappa shape index (κ2) is 4.62. The van der Waals surface area contributed by atoms with Crippen molar-refractivity contribution >= 4 is 17.7 Å². The van der Waals surface area contributed by atoms with Gasteiger partial charge in [0.25, 0.3) is 0 Å². The minimum Gasteiger partial charge on any atom is -0.369 e. The van der Waals surface area contributed by atoms with Crippen molar-refractivity contribution in [1.82, 2.24) is 4.90 Å². The summed E-state index contributed by atoms with van der Waals surface area (Å²) in [7, 11) is 0. The summed E-state index contributed by atoms with van der Waals surface area (Å²) in [6.07, 6.45) is 1.18. The van der Waals surface area contributed by atoms with E-state index in [-0.39, 0.29) is 5.91 Å². The van der Waals surface area contributed by atoms with Crippen LogP contribution in [0.1, 0.15) is 6.42 Å². The molecular formula is C7H14N2OS. The zero-order chi connectivity index (χ0) is 8.10. The number of nitrogens with zero attached hydrogens (tertiary/aromatic N) is 1. The molecule has 1 rings (SSSR count). The van der Waals surface area contributed by atoms with Crippen LogP contribution in [-0.2, 0) is 4.79 Å². The molecule has 64 valence electrons. The maximum atomic E-state index is 10.6. The number of amides is 1. The minimum atomic E-state index is -0.211. The smallest absolute Gasteiger partial charge is 0.231 e. The van der Waals surface area contributed by atoms with Crippen LogP contribution in [0, 0.1) is 0 Å². The average molecular weight is 174 g/mol. The van der Waals surface area contributed by atoms with Gasteiger partial charge in [0.15, 0.2) is 0 Å². The van der Waals surface area contributed by atoms with Crippen LogP contribution in [0.5, 0.6) is 0 Å². The zero-order valence-electron chi connectivity index (χ0n) is 6.58. The first kappa shape index (κ1) is 8.87. The highest BCUT2D eigenvalue weighted by Gasteiger charge is 2.10. The molecule has 1 amide bonds. The van der Waals surface area contributed by atoms with E-state index in [0.717, 1.165) is 18.8 Å². The Morgan fingerprint density at radius 2 is 2.27 bits per heavy atom. The maximum Gasteiger partial charge on any atom is 0.231 e. The van der Waals surface area contributed by atoms with Gasteiger partial charge in [-0.15, -0.1) is 0 Å².